The van der Waals surface area contributed by atoms with Gasteiger partial charge in [0, 0.05) is 23.9 Å². The first-order valence-electron chi connectivity index (χ1n) is 7.85. The van der Waals surface area contributed by atoms with E-state index in [4.69, 9.17) is 10.5 Å². The number of thioether (sulfide) groups is 1. The van der Waals surface area contributed by atoms with E-state index in [2.05, 4.69) is 41.9 Å². The van der Waals surface area contributed by atoms with E-state index in [1.807, 2.05) is 0 Å². The second kappa shape index (κ2) is 6.19. The van der Waals surface area contributed by atoms with Gasteiger partial charge in [-0.1, -0.05) is 6.07 Å². The summed E-state index contributed by atoms with van der Waals surface area (Å²) in [5.41, 5.74) is 9.26. The standard InChI is InChI=1S/C17H26N2OS/c1-19(15-6-8-21-11-15)17(12-18)7-5-13-3-4-16(20-2)9-14(13)10-17/h3-4,9,15H,5-8,10-12,18H2,1-2H3. The molecule has 3 rings (SSSR count). The maximum atomic E-state index is 6.25. The van der Waals surface area contributed by atoms with Gasteiger partial charge in [0.05, 0.1) is 7.11 Å². The minimum absolute atomic E-state index is 0.120. The van der Waals surface area contributed by atoms with Crippen molar-refractivity contribution in [2.24, 2.45) is 5.73 Å². The Kier molecular flexibility index (Phi) is 4.48. The molecule has 1 aromatic carbocycles. The Morgan fingerprint density at radius 3 is 2.95 bits per heavy atom. The molecule has 2 atom stereocenters. The van der Waals surface area contributed by atoms with Crippen LogP contribution in [0.2, 0.25) is 0 Å². The first-order chi connectivity index (χ1) is 10.2. The molecule has 1 aromatic rings. The molecule has 21 heavy (non-hydrogen) atoms. The number of aryl methyl sites for hydroxylation is 1. The van der Waals surface area contributed by atoms with Crippen molar-refractivity contribution in [3.63, 3.8) is 0 Å². The summed E-state index contributed by atoms with van der Waals surface area (Å²) in [7, 11) is 4.02. The van der Waals surface area contributed by atoms with E-state index >= 15 is 0 Å². The van der Waals surface area contributed by atoms with Crippen LogP contribution in [0.25, 0.3) is 0 Å². The number of benzene rings is 1. The predicted molar refractivity (Wildman–Crippen MR) is 90.3 cm³/mol. The van der Waals surface area contributed by atoms with Crippen molar-refractivity contribution in [2.45, 2.75) is 37.3 Å². The lowest BCUT2D eigenvalue weighted by molar-refractivity contribution is 0.0735. The molecule has 0 spiro atoms. The van der Waals surface area contributed by atoms with Gasteiger partial charge >= 0.3 is 0 Å². The Balaban J connectivity index is 1.86. The fraction of sp³-hybridized carbons (Fsp3) is 0.647. The highest BCUT2D eigenvalue weighted by Gasteiger charge is 2.40. The Morgan fingerprint density at radius 2 is 2.29 bits per heavy atom. The summed E-state index contributed by atoms with van der Waals surface area (Å²) in [6.45, 7) is 0.737. The number of nitrogens with two attached hydrogens (primary N) is 1. The summed E-state index contributed by atoms with van der Waals surface area (Å²) in [5.74, 6) is 3.50. The van der Waals surface area contributed by atoms with Gasteiger partial charge in [-0.2, -0.15) is 11.8 Å². The van der Waals surface area contributed by atoms with Gasteiger partial charge in [0.25, 0.3) is 0 Å². The third-order valence-corrected chi connectivity index (χ3v) is 6.52. The molecule has 116 valence electrons. The number of fused-ring (bicyclic) bond motifs is 1. The molecule has 0 aromatic heterocycles. The summed E-state index contributed by atoms with van der Waals surface area (Å²) in [6.07, 6.45) is 4.64. The molecule has 1 aliphatic carbocycles. The summed E-state index contributed by atoms with van der Waals surface area (Å²) >= 11 is 2.07. The summed E-state index contributed by atoms with van der Waals surface area (Å²) < 4.78 is 5.39. The van der Waals surface area contributed by atoms with Crippen LogP contribution in [0.4, 0.5) is 0 Å². The van der Waals surface area contributed by atoms with E-state index in [1.54, 1.807) is 7.11 Å². The van der Waals surface area contributed by atoms with Crippen LogP contribution in [0.1, 0.15) is 24.0 Å². The molecule has 0 amide bonds. The van der Waals surface area contributed by atoms with Crippen molar-refractivity contribution in [1.29, 1.82) is 0 Å². The molecular formula is C17H26N2OS. The minimum atomic E-state index is 0.120. The smallest absolute Gasteiger partial charge is 0.119 e. The number of hydrogen-bond donors (Lipinski definition) is 1. The monoisotopic (exact) mass is 306 g/mol. The SMILES string of the molecule is COc1ccc2c(c1)CC(CN)(N(C)C1CCSC1)CC2. The van der Waals surface area contributed by atoms with E-state index in [-0.39, 0.29) is 5.54 Å². The number of methoxy groups -OCH3 is 1. The largest absolute Gasteiger partial charge is 0.497 e. The Labute approximate surface area is 132 Å². The van der Waals surface area contributed by atoms with E-state index in [1.165, 1.54) is 35.5 Å². The molecule has 3 nitrogen and oxygen atoms in total. The molecule has 1 saturated heterocycles. The Hall–Kier alpha value is -0.710. The Bertz CT molecular complexity index is 502. The van der Waals surface area contributed by atoms with E-state index in [0.29, 0.717) is 6.04 Å². The lowest BCUT2D eigenvalue weighted by atomic mass is 9.76. The lowest BCUT2D eigenvalue weighted by Crippen LogP contribution is -2.58. The second-order valence-electron chi connectivity index (χ2n) is 6.37. The molecule has 0 radical (unpaired) electrons. The molecule has 1 heterocycles. The van der Waals surface area contributed by atoms with E-state index < -0.39 is 0 Å². The molecular weight excluding hydrogens is 280 g/mol. The van der Waals surface area contributed by atoms with Crippen molar-refractivity contribution < 1.29 is 4.74 Å². The number of ether oxygens (including phenoxy) is 1. The molecule has 2 aliphatic rings. The zero-order valence-electron chi connectivity index (χ0n) is 13.1. The van der Waals surface area contributed by atoms with Gasteiger partial charge in [-0.3, -0.25) is 4.90 Å². The van der Waals surface area contributed by atoms with Gasteiger partial charge in [-0.05, 0) is 61.7 Å². The second-order valence-corrected chi connectivity index (χ2v) is 7.52. The number of nitrogens with zero attached hydrogens (tertiary/aromatic N) is 1. The average Bonchev–Trinajstić information content (AvgIpc) is 3.07. The zero-order chi connectivity index (χ0) is 14.9. The normalized spacial score (nSPS) is 28.7. The molecule has 0 saturated carbocycles. The summed E-state index contributed by atoms with van der Waals surface area (Å²) in [4.78, 5) is 2.59. The number of hydrogen-bond acceptors (Lipinski definition) is 4. The molecule has 2 N–H and O–H groups in total. The van der Waals surface area contributed by atoms with E-state index in [9.17, 15) is 0 Å². The van der Waals surface area contributed by atoms with Gasteiger partial charge in [0.2, 0.25) is 0 Å². The molecule has 0 bridgehead atoms. The first kappa shape index (κ1) is 15.2. The third kappa shape index (κ3) is 2.81. The van der Waals surface area contributed by atoms with Crippen LogP contribution >= 0.6 is 11.8 Å². The van der Waals surface area contributed by atoms with Crippen LogP contribution in [0, 0.1) is 0 Å². The number of likely N-dealkylation sites (N-methyl/N-ethyl adjacent to an activating group) is 1. The van der Waals surface area contributed by atoms with Crippen molar-refractivity contribution in [1.82, 2.24) is 4.90 Å². The number of rotatable bonds is 4. The van der Waals surface area contributed by atoms with Gasteiger partial charge in [-0.15, -0.1) is 0 Å². The maximum absolute atomic E-state index is 6.25. The van der Waals surface area contributed by atoms with Gasteiger partial charge in [0.1, 0.15) is 5.75 Å². The summed E-state index contributed by atoms with van der Waals surface area (Å²) in [5, 5.41) is 0. The first-order valence-corrected chi connectivity index (χ1v) is 9.00. The molecule has 2 unspecified atom stereocenters. The highest BCUT2D eigenvalue weighted by molar-refractivity contribution is 7.99. The highest BCUT2D eigenvalue weighted by atomic mass is 32.2. The molecule has 1 aliphatic heterocycles. The van der Waals surface area contributed by atoms with Gasteiger partial charge in [-0.25, -0.2) is 0 Å². The van der Waals surface area contributed by atoms with Gasteiger partial charge in [0.15, 0.2) is 0 Å². The molecule has 1 fully saturated rings. The summed E-state index contributed by atoms with van der Waals surface area (Å²) in [6, 6.07) is 7.19. The van der Waals surface area contributed by atoms with Crippen LogP contribution in [0.15, 0.2) is 18.2 Å². The van der Waals surface area contributed by atoms with Crippen molar-refractivity contribution in [3.8, 4) is 5.75 Å². The average molecular weight is 306 g/mol. The van der Waals surface area contributed by atoms with Gasteiger partial charge < -0.3 is 10.5 Å². The third-order valence-electron chi connectivity index (χ3n) is 5.37. The molecule has 4 heteroatoms. The topological polar surface area (TPSA) is 38.5 Å². The van der Waals surface area contributed by atoms with Crippen molar-refractivity contribution >= 4 is 11.8 Å². The minimum Gasteiger partial charge on any atom is -0.497 e. The predicted octanol–water partition coefficient (Wildman–Crippen LogP) is 2.32. The van der Waals surface area contributed by atoms with Crippen LogP contribution in [0.5, 0.6) is 5.75 Å². The zero-order valence-corrected chi connectivity index (χ0v) is 13.9. The van der Waals surface area contributed by atoms with Crippen LogP contribution in [0.3, 0.4) is 0 Å². The van der Waals surface area contributed by atoms with Crippen molar-refractivity contribution in [3.05, 3.63) is 29.3 Å². The fourth-order valence-corrected chi connectivity index (χ4v) is 5.05. The highest BCUT2D eigenvalue weighted by Crippen LogP contribution is 2.37. The Morgan fingerprint density at radius 1 is 1.43 bits per heavy atom. The lowest BCUT2D eigenvalue weighted by Gasteiger charge is -2.47. The van der Waals surface area contributed by atoms with Crippen LogP contribution in [-0.4, -0.2) is 48.7 Å². The van der Waals surface area contributed by atoms with Crippen LogP contribution in [-0.2, 0) is 12.8 Å². The fourth-order valence-electron chi connectivity index (χ4n) is 3.78. The van der Waals surface area contributed by atoms with Crippen LogP contribution < -0.4 is 10.5 Å². The van der Waals surface area contributed by atoms with Crippen molar-refractivity contribution in [2.75, 3.05) is 32.2 Å². The quantitative estimate of drug-likeness (QED) is 0.926. The van der Waals surface area contributed by atoms with E-state index in [0.717, 1.165) is 25.1 Å². The maximum Gasteiger partial charge on any atom is 0.119 e.